The van der Waals surface area contributed by atoms with Crippen molar-refractivity contribution in [2.45, 2.75) is 19.8 Å². The number of hydrogen-bond donors (Lipinski definition) is 1. The van der Waals surface area contributed by atoms with Crippen LogP contribution in [0.25, 0.3) is 10.4 Å². The highest BCUT2D eigenvalue weighted by Gasteiger charge is 2.24. The smallest absolute Gasteiger partial charge is 0.315 e. The first-order chi connectivity index (χ1) is 13.0. The third-order valence-electron chi connectivity index (χ3n) is 4.47. The number of aromatic nitrogens is 1. The zero-order valence-electron chi connectivity index (χ0n) is 15.4. The summed E-state index contributed by atoms with van der Waals surface area (Å²) in [4.78, 5) is 44.5. The summed E-state index contributed by atoms with van der Waals surface area (Å²) in [6.45, 7) is 3.36. The molecule has 3 rings (SSSR count). The molecule has 1 fully saturated rings. The van der Waals surface area contributed by atoms with Crippen LogP contribution in [0.5, 0.6) is 0 Å². The van der Waals surface area contributed by atoms with Gasteiger partial charge in [0.25, 0.3) is 0 Å². The van der Waals surface area contributed by atoms with Crippen molar-refractivity contribution in [3.63, 3.8) is 0 Å². The number of likely N-dealkylation sites (N-methyl/N-ethyl adjacent to an activating group) is 1. The molecule has 3 amide bonds. The minimum absolute atomic E-state index is 0.104. The Morgan fingerprint density at radius 2 is 2.04 bits per heavy atom. The molecular weight excluding hydrogens is 364 g/mol. The molecular formula is C19H22N4O3S. The first kappa shape index (κ1) is 19.0. The standard InChI is InChI=1S/C19H22N4O3S/c1-13-16(14-7-4-3-5-8-14)27-19(20-13)21-17(25)18(26)22(2)11-12-23-10-6-9-15(23)24/h3-5,7-8H,6,9-12H2,1-2H3,(H,20,21,25). The average molecular weight is 386 g/mol. The molecule has 1 aliphatic heterocycles. The monoisotopic (exact) mass is 386 g/mol. The Morgan fingerprint density at radius 1 is 1.30 bits per heavy atom. The number of aryl methyl sites for hydroxylation is 1. The summed E-state index contributed by atoms with van der Waals surface area (Å²) in [5, 5.41) is 2.98. The molecule has 8 heteroatoms. The Hall–Kier alpha value is -2.74. The lowest BCUT2D eigenvalue weighted by atomic mass is 10.2. The first-order valence-corrected chi connectivity index (χ1v) is 9.64. The molecule has 0 aliphatic carbocycles. The fraction of sp³-hybridized carbons (Fsp3) is 0.368. The zero-order valence-corrected chi connectivity index (χ0v) is 16.2. The Kier molecular flexibility index (Phi) is 5.85. The molecule has 0 spiro atoms. The van der Waals surface area contributed by atoms with Crippen molar-refractivity contribution in [1.82, 2.24) is 14.8 Å². The van der Waals surface area contributed by atoms with Gasteiger partial charge < -0.3 is 9.80 Å². The van der Waals surface area contributed by atoms with Crippen molar-refractivity contribution in [2.75, 3.05) is 32.0 Å². The van der Waals surface area contributed by atoms with Gasteiger partial charge in [-0.2, -0.15) is 0 Å². The van der Waals surface area contributed by atoms with Crippen LogP contribution < -0.4 is 5.32 Å². The maximum absolute atomic E-state index is 12.3. The molecule has 1 aromatic heterocycles. The van der Waals surface area contributed by atoms with Crippen molar-refractivity contribution < 1.29 is 14.4 Å². The Labute approximate surface area is 162 Å². The van der Waals surface area contributed by atoms with Gasteiger partial charge in [-0.15, -0.1) is 0 Å². The maximum Gasteiger partial charge on any atom is 0.315 e. The van der Waals surface area contributed by atoms with Gasteiger partial charge in [0.15, 0.2) is 5.13 Å². The molecule has 27 heavy (non-hydrogen) atoms. The van der Waals surface area contributed by atoms with Crippen LogP contribution in [0.1, 0.15) is 18.5 Å². The van der Waals surface area contributed by atoms with E-state index in [-0.39, 0.29) is 5.91 Å². The molecule has 2 aromatic rings. The molecule has 2 heterocycles. The van der Waals surface area contributed by atoms with Crippen LogP contribution in [0, 0.1) is 6.92 Å². The van der Waals surface area contributed by atoms with Gasteiger partial charge in [0.1, 0.15) is 0 Å². The average Bonchev–Trinajstić information content (AvgIpc) is 3.24. The Balaban J connectivity index is 1.58. The minimum atomic E-state index is -0.724. The van der Waals surface area contributed by atoms with Gasteiger partial charge in [0.05, 0.1) is 10.6 Å². The van der Waals surface area contributed by atoms with Crippen LogP contribution in [0.2, 0.25) is 0 Å². The molecule has 142 valence electrons. The normalized spacial score (nSPS) is 13.7. The van der Waals surface area contributed by atoms with Crippen LogP contribution in [0.15, 0.2) is 30.3 Å². The van der Waals surface area contributed by atoms with Gasteiger partial charge in [0.2, 0.25) is 5.91 Å². The molecule has 1 aromatic carbocycles. The zero-order chi connectivity index (χ0) is 19.4. The SMILES string of the molecule is Cc1nc(NC(=O)C(=O)N(C)CCN2CCCC2=O)sc1-c1ccccc1. The van der Waals surface area contributed by atoms with Gasteiger partial charge >= 0.3 is 11.8 Å². The summed E-state index contributed by atoms with van der Waals surface area (Å²) in [5.74, 6) is -1.26. The molecule has 0 radical (unpaired) electrons. The highest BCUT2D eigenvalue weighted by Crippen LogP contribution is 2.32. The van der Waals surface area contributed by atoms with E-state index in [9.17, 15) is 14.4 Å². The van der Waals surface area contributed by atoms with Gasteiger partial charge in [-0.3, -0.25) is 19.7 Å². The number of hydrogen-bond acceptors (Lipinski definition) is 5. The van der Waals surface area contributed by atoms with E-state index in [0.29, 0.717) is 31.2 Å². The number of anilines is 1. The Bertz CT molecular complexity index is 850. The number of carbonyl (C=O) groups is 3. The van der Waals surface area contributed by atoms with Crippen LogP contribution in [0.4, 0.5) is 5.13 Å². The third kappa shape index (κ3) is 4.51. The molecule has 1 aliphatic rings. The van der Waals surface area contributed by atoms with Crippen molar-refractivity contribution in [1.29, 1.82) is 0 Å². The number of likely N-dealkylation sites (tertiary alicyclic amines) is 1. The lowest BCUT2D eigenvalue weighted by Gasteiger charge is -2.21. The summed E-state index contributed by atoms with van der Waals surface area (Å²) in [5.41, 5.74) is 1.82. The summed E-state index contributed by atoms with van der Waals surface area (Å²) in [7, 11) is 1.56. The van der Waals surface area contributed by atoms with E-state index in [1.54, 1.807) is 11.9 Å². The molecule has 1 N–H and O–H groups in total. The van der Waals surface area contributed by atoms with E-state index >= 15 is 0 Å². The van der Waals surface area contributed by atoms with E-state index in [1.807, 2.05) is 37.3 Å². The van der Waals surface area contributed by atoms with E-state index in [4.69, 9.17) is 0 Å². The van der Waals surface area contributed by atoms with Crippen LogP contribution in [-0.4, -0.2) is 59.2 Å². The van der Waals surface area contributed by atoms with E-state index in [0.717, 1.165) is 22.6 Å². The highest BCUT2D eigenvalue weighted by molar-refractivity contribution is 7.19. The first-order valence-electron chi connectivity index (χ1n) is 8.83. The number of rotatable bonds is 5. The predicted octanol–water partition coefficient (Wildman–Crippen LogP) is 2.14. The number of thiazole rings is 1. The van der Waals surface area contributed by atoms with Gasteiger partial charge in [0, 0.05) is 33.1 Å². The van der Waals surface area contributed by atoms with Crippen LogP contribution in [0.3, 0.4) is 0 Å². The molecule has 0 saturated carbocycles. The summed E-state index contributed by atoms with van der Waals surface area (Å²) in [6, 6.07) is 9.77. The quantitative estimate of drug-likeness (QED) is 0.798. The lowest BCUT2D eigenvalue weighted by molar-refractivity contribution is -0.142. The van der Waals surface area contributed by atoms with Crippen molar-refractivity contribution in [3.05, 3.63) is 36.0 Å². The molecule has 7 nitrogen and oxygen atoms in total. The van der Waals surface area contributed by atoms with Crippen molar-refractivity contribution >= 4 is 34.2 Å². The predicted molar refractivity (Wildman–Crippen MR) is 104 cm³/mol. The molecule has 0 bridgehead atoms. The highest BCUT2D eigenvalue weighted by atomic mass is 32.1. The number of benzene rings is 1. The molecule has 1 saturated heterocycles. The van der Waals surface area contributed by atoms with Gasteiger partial charge in [-0.05, 0) is 18.9 Å². The van der Waals surface area contributed by atoms with E-state index in [2.05, 4.69) is 10.3 Å². The van der Waals surface area contributed by atoms with E-state index < -0.39 is 11.8 Å². The number of amides is 3. The topological polar surface area (TPSA) is 82.6 Å². The van der Waals surface area contributed by atoms with E-state index in [1.165, 1.54) is 16.2 Å². The largest absolute Gasteiger partial charge is 0.341 e. The lowest BCUT2D eigenvalue weighted by Crippen LogP contribution is -2.41. The van der Waals surface area contributed by atoms with Crippen molar-refractivity contribution in [3.8, 4) is 10.4 Å². The fourth-order valence-electron chi connectivity index (χ4n) is 2.94. The second kappa shape index (κ2) is 8.30. The molecule has 0 unspecified atom stereocenters. The third-order valence-corrected chi connectivity index (χ3v) is 5.59. The van der Waals surface area contributed by atoms with Crippen molar-refractivity contribution in [2.24, 2.45) is 0 Å². The van der Waals surface area contributed by atoms with Gasteiger partial charge in [-0.25, -0.2) is 4.98 Å². The summed E-state index contributed by atoms with van der Waals surface area (Å²) < 4.78 is 0. The van der Waals surface area contributed by atoms with Crippen LogP contribution in [-0.2, 0) is 14.4 Å². The van der Waals surface area contributed by atoms with Gasteiger partial charge in [-0.1, -0.05) is 41.7 Å². The minimum Gasteiger partial charge on any atom is -0.341 e. The van der Waals surface area contributed by atoms with Crippen LogP contribution >= 0.6 is 11.3 Å². The number of nitrogens with zero attached hydrogens (tertiary/aromatic N) is 3. The number of nitrogens with one attached hydrogen (secondary N) is 1. The summed E-state index contributed by atoms with van der Waals surface area (Å²) in [6.07, 6.45) is 1.41. The Morgan fingerprint density at radius 3 is 2.70 bits per heavy atom. The summed E-state index contributed by atoms with van der Waals surface area (Å²) >= 11 is 1.34. The fourth-order valence-corrected chi connectivity index (χ4v) is 3.91. The maximum atomic E-state index is 12.3. The number of carbonyl (C=O) groups excluding carboxylic acids is 3. The second-order valence-electron chi connectivity index (χ2n) is 6.46. The molecule has 0 atom stereocenters. The second-order valence-corrected chi connectivity index (χ2v) is 7.46.